The van der Waals surface area contributed by atoms with Gasteiger partial charge in [-0.25, -0.2) is 4.98 Å². The molecule has 0 spiro atoms. The monoisotopic (exact) mass is 434 g/mol. The van der Waals surface area contributed by atoms with Crippen molar-refractivity contribution in [2.75, 3.05) is 5.32 Å². The smallest absolute Gasteiger partial charge is 0.355 e. The number of thioether (sulfide) groups is 1. The van der Waals surface area contributed by atoms with Gasteiger partial charge >= 0.3 is 6.18 Å². The number of anilines is 2. The van der Waals surface area contributed by atoms with Crippen LogP contribution in [0.3, 0.4) is 0 Å². The van der Waals surface area contributed by atoms with Crippen molar-refractivity contribution in [1.82, 2.24) is 15.0 Å². The summed E-state index contributed by atoms with van der Waals surface area (Å²) in [6, 6.07) is 15.7. The lowest BCUT2D eigenvalue weighted by molar-refractivity contribution is -0.141. The molecule has 148 valence electrons. The third-order valence-electron chi connectivity index (χ3n) is 4.04. The Labute approximate surface area is 173 Å². The third-order valence-corrected chi connectivity index (χ3v) is 5.28. The van der Waals surface area contributed by atoms with Gasteiger partial charge in [-0.15, -0.1) is 11.8 Å². The Balaban J connectivity index is 1.48. The molecular formula is C20H14ClF3N4S. The molecule has 0 aliphatic rings. The summed E-state index contributed by atoms with van der Waals surface area (Å²) in [6.07, 6.45) is -3.29. The number of aromatic amines is 1. The largest absolute Gasteiger partial charge is 0.433 e. The average molecular weight is 435 g/mol. The first-order valence-electron chi connectivity index (χ1n) is 8.54. The van der Waals surface area contributed by atoms with E-state index in [2.05, 4.69) is 20.3 Å². The number of rotatable bonds is 5. The summed E-state index contributed by atoms with van der Waals surface area (Å²) in [4.78, 5) is 11.6. The van der Waals surface area contributed by atoms with Gasteiger partial charge in [0.25, 0.3) is 0 Å². The molecule has 9 heteroatoms. The van der Waals surface area contributed by atoms with Gasteiger partial charge in [-0.2, -0.15) is 13.2 Å². The van der Waals surface area contributed by atoms with Crippen LogP contribution in [0.2, 0.25) is 5.02 Å². The van der Waals surface area contributed by atoms with Gasteiger partial charge in [-0.05, 0) is 48.5 Å². The first-order chi connectivity index (χ1) is 13.9. The number of nitrogens with zero attached hydrogens (tertiary/aromatic N) is 2. The molecule has 0 aliphatic heterocycles. The number of hydrogen-bond acceptors (Lipinski definition) is 4. The molecule has 0 bridgehead atoms. The highest BCUT2D eigenvalue weighted by molar-refractivity contribution is 7.98. The maximum Gasteiger partial charge on any atom is 0.433 e. The van der Waals surface area contributed by atoms with Crippen molar-refractivity contribution < 1.29 is 13.2 Å². The van der Waals surface area contributed by atoms with Gasteiger partial charge in [-0.1, -0.05) is 17.7 Å². The number of H-pyrrole nitrogens is 1. The molecule has 0 amide bonds. The summed E-state index contributed by atoms with van der Waals surface area (Å²) in [6.45, 7) is 0. The molecule has 29 heavy (non-hydrogen) atoms. The van der Waals surface area contributed by atoms with Crippen molar-refractivity contribution in [2.24, 2.45) is 0 Å². The van der Waals surface area contributed by atoms with Gasteiger partial charge in [0.15, 0.2) is 0 Å². The molecule has 4 nitrogen and oxygen atoms in total. The highest BCUT2D eigenvalue weighted by Crippen LogP contribution is 2.31. The maximum atomic E-state index is 12.8. The topological polar surface area (TPSA) is 53.6 Å². The Bertz CT molecular complexity index is 1160. The summed E-state index contributed by atoms with van der Waals surface area (Å²) in [7, 11) is 0. The lowest BCUT2D eigenvalue weighted by Crippen LogP contribution is -2.07. The molecule has 2 aromatic heterocycles. The van der Waals surface area contributed by atoms with Crippen LogP contribution in [0, 0.1) is 0 Å². The number of hydrogen-bond donors (Lipinski definition) is 2. The van der Waals surface area contributed by atoms with Gasteiger partial charge in [0.1, 0.15) is 11.5 Å². The quantitative estimate of drug-likeness (QED) is 0.344. The fourth-order valence-electron chi connectivity index (χ4n) is 2.75. The van der Waals surface area contributed by atoms with E-state index in [4.69, 9.17) is 11.6 Å². The zero-order valence-electron chi connectivity index (χ0n) is 14.8. The van der Waals surface area contributed by atoms with Crippen molar-refractivity contribution in [3.63, 3.8) is 0 Å². The van der Waals surface area contributed by atoms with Gasteiger partial charge in [-0.3, -0.25) is 4.98 Å². The van der Waals surface area contributed by atoms with Crippen LogP contribution in [0.5, 0.6) is 0 Å². The van der Waals surface area contributed by atoms with Gasteiger partial charge in [0, 0.05) is 27.5 Å². The van der Waals surface area contributed by atoms with E-state index in [1.54, 1.807) is 12.1 Å². The predicted octanol–water partition coefficient (Wildman–Crippen LogP) is 6.67. The highest BCUT2D eigenvalue weighted by Gasteiger charge is 2.32. The number of aromatic nitrogens is 3. The number of imidazole rings is 1. The minimum atomic E-state index is -4.46. The highest BCUT2D eigenvalue weighted by atomic mass is 35.5. The number of pyridine rings is 1. The second-order valence-electron chi connectivity index (χ2n) is 6.21. The normalized spacial score (nSPS) is 11.7. The van der Waals surface area contributed by atoms with Crippen LogP contribution >= 0.6 is 23.4 Å². The molecule has 0 atom stereocenters. The molecule has 2 N–H and O–H groups in total. The fourth-order valence-corrected chi connectivity index (χ4v) is 3.73. The van der Waals surface area contributed by atoms with E-state index < -0.39 is 11.9 Å². The molecule has 0 aliphatic carbocycles. The van der Waals surface area contributed by atoms with Crippen molar-refractivity contribution in [3.8, 4) is 0 Å². The molecule has 0 saturated carbocycles. The molecule has 0 saturated heterocycles. The fraction of sp³-hybridized carbons (Fsp3) is 0.100. The molecule has 0 unspecified atom stereocenters. The number of benzene rings is 2. The van der Waals surface area contributed by atoms with Crippen molar-refractivity contribution in [3.05, 3.63) is 77.3 Å². The van der Waals surface area contributed by atoms with Crippen molar-refractivity contribution in [2.45, 2.75) is 16.8 Å². The number of halogens is 4. The summed E-state index contributed by atoms with van der Waals surface area (Å²) >= 11 is 7.27. The molecule has 2 aromatic carbocycles. The van der Waals surface area contributed by atoms with Gasteiger partial charge in [0.05, 0.1) is 16.8 Å². The van der Waals surface area contributed by atoms with Gasteiger partial charge < -0.3 is 10.3 Å². The summed E-state index contributed by atoms with van der Waals surface area (Å²) in [5.74, 6) is 1.09. The molecule has 4 rings (SSSR count). The molecule has 0 fully saturated rings. The average Bonchev–Trinajstić information content (AvgIpc) is 3.08. The van der Waals surface area contributed by atoms with E-state index in [9.17, 15) is 13.2 Å². The SMILES string of the molecule is FC(F)(F)c1cc(SCc2nc3ccc(Nc4cccc(Cl)c4)cc3[nH]2)ccn1. The van der Waals surface area contributed by atoms with Crippen LogP contribution in [-0.2, 0) is 11.9 Å². The van der Waals surface area contributed by atoms with E-state index in [0.717, 1.165) is 34.7 Å². The molecule has 4 aromatic rings. The zero-order chi connectivity index (χ0) is 20.4. The molecule has 0 radical (unpaired) electrons. The summed E-state index contributed by atoms with van der Waals surface area (Å²) in [5.41, 5.74) is 2.45. The van der Waals surface area contributed by atoms with Crippen LogP contribution in [0.15, 0.2) is 65.7 Å². The maximum absolute atomic E-state index is 12.8. The Morgan fingerprint density at radius 2 is 1.86 bits per heavy atom. The minimum Gasteiger partial charge on any atom is -0.355 e. The van der Waals surface area contributed by atoms with Crippen LogP contribution in [-0.4, -0.2) is 15.0 Å². The number of fused-ring (bicyclic) bond motifs is 1. The zero-order valence-corrected chi connectivity index (χ0v) is 16.4. The number of nitrogens with one attached hydrogen (secondary N) is 2. The van der Waals surface area contributed by atoms with Crippen LogP contribution in [0.1, 0.15) is 11.5 Å². The van der Waals surface area contributed by atoms with E-state index in [-0.39, 0.29) is 0 Å². The Hall–Kier alpha value is -2.71. The lowest BCUT2D eigenvalue weighted by atomic mass is 10.2. The van der Waals surface area contributed by atoms with Crippen LogP contribution < -0.4 is 5.32 Å². The Morgan fingerprint density at radius 1 is 1.03 bits per heavy atom. The first kappa shape index (κ1) is 19.6. The van der Waals surface area contributed by atoms with E-state index in [1.807, 2.05) is 36.4 Å². The second-order valence-corrected chi connectivity index (χ2v) is 7.70. The Morgan fingerprint density at radius 3 is 2.66 bits per heavy atom. The van der Waals surface area contributed by atoms with Crippen molar-refractivity contribution in [1.29, 1.82) is 0 Å². The Kier molecular flexibility index (Phi) is 5.38. The summed E-state index contributed by atoms with van der Waals surface area (Å²) in [5, 5.41) is 3.91. The van der Waals surface area contributed by atoms with E-state index in [0.29, 0.717) is 21.5 Å². The van der Waals surface area contributed by atoms with E-state index >= 15 is 0 Å². The van der Waals surface area contributed by atoms with Crippen LogP contribution in [0.4, 0.5) is 24.5 Å². The standard InChI is InChI=1S/C20H14ClF3N4S/c21-12-2-1-3-13(8-12)26-14-4-5-16-17(9-14)28-19(27-16)11-29-15-6-7-25-18(10-15)20(22,23)24/h1-10,26H,11H2,(H,27,28). The minimum absolute atomic E-state index is 0.410. The molecule has 2 heterocycles. The first-order valence-corrected chi connectivity index (χ1v) is 9.90. The van der Waals surface area contributed by atoms with Crippen molar-refractivity contribution >= 4 is 45.8 Å². The second kappa shape index (κ2) is 7.96. The van der Waals surface area contributed by atoms with Gasteiger partial charge in [0.2, 0.25) is 0 Å². The third kappa shape index (κ3) is 4.83. The molecular weight excluding hydrogens is 421 g/mol. The number of alkyl halides is 3. The van der Waals surface area contributed by atoms with Crippen LogP contribution in [0.25, 0.3) is 11.0 Å². The van der Waals surface area contributed by atoms with E-state index in [1.165, 1.54) is 11.8 Å². The lowest BCUT2D eigenvalue weighted by Gasteiger charge is -2.06. The summed E-state index contributed by atoms with van der Waals surface area (Å²) < 4.78 is 38.3. The predicted molar refractivity (Wildman–Crippen MR) is 110 cm³/mol.